The van der Waals surface area contributed by atoms with E-state index < -0.39 is 34.5 Å². The maximum atomic E-state index is 13.6. The van der Waals surface area contributed by atoms with Gasteiger partial charge in [0, 0.05) is 0 Å². The van der Waals surface area contributed by atoms with Crippen molar-refractivity contribution in [2.75, 3.05) is 20.6 Å². The minimum atomic E-state index is -2.09. The van der Waals surface area contributed by atoms with Crippen LogP contribution in [0.5, 0.6) is 0 Å². The first-order valence-electron chi connectivity index (χ1n) is 13.0. The zero-order valence-corrected chi connectivity index (χ0v) is 20.8. The normalized spacial score (nSPS) is 11.5. The van der Waals surface area contributed by atoms with E-state index in [1.807, 2.05) is 0 Å². The zero-order valence-electron chi connectivity index (χ0n) is 20.8. The molecule has 0 atom stereocenters. The van der Waals surface area contributed by atoms with Crippen molar-refractivity contribution in [3.63, 3.8) is 0 Å². The van der Waals surface area contributed by atoms with E-state index in [1.54, 1.807) is 0 Å². The molecule has 7 heteroatoms. The van der Waals surface area contributed by atoms with Crippen LogP contribution >= 0.6 is 0 Å². The van der Waals surface area contributed by atoms with E-state index in [0.717, 1.165) is 25.7 Å². The second-order valence-electron chi connectivity index (χ2n) is 9.61. The number of unbranched alkanes of at least 4 members (excludes halogenated alkanes) is 15. The molecule has 0 aliphatic rings. The maximum Gasteiger partial charge on any atom is 0.200 e. The fourth-order valence-electron chi connectivity index (χ4n) is 4.25. The SMILES string of the molecule is CN(C)CCCCCCCCCCCCCCCCCCBc1c(F)c(F)c(F)c(F)c1F. The third-order valence-corrected chi connectivity index (χ3v) is 6.33. The van der Waals surface area contributed by atoms with E-state index in [0.29, 0.717) is 6.32 Å². The summed E-state index contributed by atoms with van der Waals surface area (Å²) in [6, 6.07) is 0. The average Bonchev–Trinajstić information content (AvgIpc) is 2.79. The molecule has 0 aromatic heterocycles. The second-order valence-corrected chi connectivity index (χ2v) is 9.61. The van der Waals surface area contributed by atoms with Crippen molar-refractivity contribution in [1.82, 2.24) is 4.90 Å². The number of hydrogen-bond acceptors (Lipinski definition) is 1. The largest absolute Gasteiger partial charge is 0.309 e. The van der Waals surface area contributed by atoms with Gasteiger partial charge in [0.25, 0.3) is 0 Å². The highest BCUT2D eigenvalue weighted by Crippen LogP contribution is 2.17. The zero-order chi connectivity index (χ0) is 24.5. The molecule has 33 heavy (non-hydrogen) atoms. The fourth-order valence-corrected chi connectivity index (χ4v) is 4.25. The summed E-state index contributed by atoms with van der Waals surface area (Å²) in [4.78, 5) is 2.25. The molecule has 0 aliphatic heterocycles. The molecule has 0 fully saturated rings. The van der Waals surface area contributed by atoms with Gasteiger partial charge in [-0.3, -0.25) is 0 Å². The summed E-state index contributed by atoms with van der Waals surface area (Å²) in [5.74, 6) is -9.18. The summed E-state index contributed by atoms with van der Waals surface area (Å²) < 4.78 is 66.7. The first kappa shape index (κ1) is 29.9. The standard InChI is InChI=1S/C26H43BF5N/c1-33(2)20-18-16-14-12-10-8-6-4-3-5-7-9-11-13-15-17-19-27-21-22(28)24(30)26(32)25(31)23(21)29/h27H,3-20H2,1-2H3. The van der Waals surface area contributed by atoms with Crippen LogP contribution in [0.4, 0.5) is 22.0 Å². The Hall–Kier alpha value is -1.11. The minimum Gasteiger partial charge on any atom is -0.309 e. The van der Waals surface area contributed by atoms with E-state index in [-0.39, 0.29) is 7.28 Å². The predicted octanol–water partition coefficient (Wildman–Crippen LogP) is 7.67. The van der Waals surface area contributed by atoms with E-state index in [2.05, 4.69) is 19.0 Å². The Morgan fingerprint density at radius 2 is 0.758 bits per heavy atom. The molecule has 1 nitrogen and oxygen atoms in total. The molecule has 190 valence electrons. The van der Waals surface area contributed by atoms with Gasteiger partial charge in [0.05, 0.1) is 0 Å². The molecular formula is C26H43BF5N. The molecule has 0 saturated carbocycles. The van der Waals surface area contributed by atoms with Crippen molar-refractivity contribution in [1.29, 1.82) is 0 Å². The summed E-state index contributed by atoms with van der Waals surface area (Å²) in [6.07, 6.45) is 20.1. The van der Waals surface area contributed by atoms with Crippen LogP contribution in [0.2, 0.25) is 6.32 Å². The molecule has 1 aromatic carbocycles. The molecule has 0 unspecified atom stereocenters. The van der Waals surface area contributed by atoms with E-state index >= 15 is 0 Å². The van der Waals surface area contributed by atoms with Crippen molar-refractivity contribution in [2.24, 2.45) is 0 Å². The van der Waals surface area contributed by atoms with Gasteiger partial charge in [-0.15, -0.1) is 0 Å². The maximum absolute atomic E-state index is 13.6. The first-order valence-corrected chi connectivity index (χ1v) is 13.0. The van der Waals surface area contributed by atoms with E-state index in [9.17, 15) is 22.0 Å². The Bertz CT molecular complexity index is 625. The van der Waals surface area contributed by atoms with Gasteiger partial charge >= 0.3 is 0 Å². The molecule has 0 N–H and O–H groups in total. The minimum absolute atomic E-state index is 0.123. The van der Waals surface area contributed by atoms with Crippen molar-refractivity contribution >= 4 is 12.7 Å². The lowest BCUT2D eigenvalue weighted by atomic mass is 9.65. The summed E-state index contributed by atoms with van der Waals surface area (Å²) in [5.41, 5.74) is -0.689. The number of benzene rings is 1. The highest BCUT2D eigenvalue weighted by Gasteiger charge is 2.25. The third kappa shape index (κ3) is 12.8. The molecule has 0 radical (unpaired) electrons. The van der Waals surface area contributed by atoms with Gasteiger partial charge < -0.3 is 4.90 Å². The van der Waals surface area contributed by atoms with Gasteiger partial charge in [-0.25, -0.2) is 22.0 Å². The van der Waals surface area contributed by atoms with Crippen LogP contribution < -0.4 is 5.46 Å². The summed E-state index contributed by atoms with van der Waals surface area (Å²) >= 11 is 0. The van der Waals surface area contributed by atoms with Gasteiger partial charge in [-0.05, 0) is 32.5 Å². The quantitative estimate of drug-likeness (QED) is 0.0615. The molecule has 1 aromatic rings. The molecule has 0 aliphatic carbocycles. The van der Waals surface area contributed by atoms with Crippen LogP contribution in [0.3, 0.4) is 0 Å². The number of hydrogen-bond donors (Lipinski definition) is 0. The van der Waals surface area contributed by atoms with E-state index in [1.165, 1.54) is 83.6 Å². The van der Waals surface area contributed by atoms with Crippen LogP contribution in [0.25, 0.3) is 0 Å². The topological polar surface area (TPSA) is 3.24 Å². The van der Waals surface area contributed by atoms with Crippen molar-refractivity contribution in [3.8, 4) is 0 Å². The predicted molar refractivity (Wildman–Crippen MR) is 130 cm³/mol. The van der Waals surface area contributed by atoms with Crippen LogP contribution in [0.15, 0.2) is 0 Å². The lowest BCUT2D eigenvalue weighted by molar-refractivity contribution is 0.384. The molecule has 1 rings (SSSR count). The Morgan fingerprint density at radius 1 is 0.455 bits per heavy atom. The summed E-state index contributed by atoms with van der Waals surface area (Å²) in [6.45, 7) is 1.20. The van der Waals surface area contributed by atoms with Crippen LogP contribution in [0, 0.1) is 29.1 Å². The molecular weight excluding hydrogens is 432 g/mol. The highest BCUT2D eigenvalue weighted by molar-refractivity contribution is 6.53. The summed E-state index contributed by atoms with van der Waals surface area (Å²) in [5, 5.41) is 0. The lowest BCUT2D eigenvalue weighted by Crippen LogP contribution is -2.27. The van der Waals surface area contributed by atoms with Crippen molar-refractivity contribution < 1.29 is 22.0 Å². The van der Waals surface area contributed by atoms with Crippen LogP contribution in [-0.4, -0.2) is 32.8 Å². The Kier molecular flexibility index (Phi) is 16.6. The number of nitrogens with zero attached hydrogens (tertiary/aromatic N) is 1. The molecule has 0 saturated heterocycles. The monoisotopic (exact) mass is 475 g/mol. The second kappa shape index (κ2) is 18.3. The first-order chi connectivity index (χ1) is 15.9. The Morgan fingerprint density at radius 3 is 1.12 bits per heavy atom. The Labute approximate surface area is 198 Å². The molecule has 0 heterocycles. The highest BCUT2D eigenvalue weighted by atomic mass is 19.2. The van der Waals surface area contributed by atoms with Gasteiger partial charge in [-0.1, -0.05) is 103 Å². The third-order valence-electron chi connectivity index (χ3n) is 6.33. The molecule has 0 bridgehead atoms. The van der Waals surface area contributed by atoms with Gasteiger partial charge in [-0.2, -0.15) is 0 Å². The van der Waals surface area contributed by atoms with Gasteiger partial charge in [0.15, 0.2) is 36.4 Å². The number of halogens is 5. The lowest BCUT2D eigenvalue weighted by Gasteiger charge is -2.08. The Balaban J connectivity index is 1.89. The molecule has 0 amide bonds. The van der Waals surface area contributed by atoms with Crippen LogP contribution in [0.1, 0.15) is 103 Å². The smallest absolute Gasteiger partial charge is 0.200 e. The average molecular weight is 475 g/mol. The number of rotatable bonds is 20. The molecule has 0 spiro atoms. The van der Waals surface area contributed by atoms with E-state index in [4.69, 9.17) is 0 Å². The van der Waals surface area contributed by atoms with Crippen molar-refractivity contribution in [3.05, 3.63) is 29.1 Å². The van der Waals surface area contributed by atoms with Gasteiger partial charge in [0.1, 0.15) is 0 Å². The van der Waals surface area contributed by atoms with Gasteiger partial charge in [0.2, 0.25) is 0 Å². The fraction of sp³-hybridized carbons (Fsp3) is 0.769. The van der Waals surface area contributed by atoms with Crippen LogP contribution in [-0.2, 0) is 0 Å². The van der Waals surface area contributed by atoms with Crippen molar-refractivity contribution in [2.45, 2.75) is 109 Å². The summed E-state index contributed by atoms with van der Waals surface area (Å²) in [7, 11) is 4.14.